The number of nitrogens with zero attached hydrogens (tertiary/aromatic N) is 4. The zero-order chi connectivity index (χ0) is 29.5. The second kappa shape index (κ2) is 12.8. The highest BCUT2D eigenvalue weighted by Crippen LogP contribution is 2.35. The molecule has 5 rings (SSSR count). The van der Waals surface area contributed by atoms with E-state index in [1.54, 1.807) is 85.3 Å². The van der Waals surface area contributed by atoms with Gasteiger partial charge in [0, 0.05) is 52.8 Å². The molecule has 0 aliphatic carbocycles. The Balaban J connectivity index is 1.49. The predicted molar refractivity (Wildman–Crippen MR) is 160 cm³/mol. The van der Waals surface area contributed by atoms with Gasteiger partial charge in [0.2, 0.25) is 0 Å². The van der Waals surface area contributed by atoms with E-state index in [4.69, 9.17) is 11.6 Å². The van der Waals surface area contributed by atoms with Crippen LogP contribution in [-0.4, -0.2) is 38.0 Å². The number of nitriles is 1. The number of phenolic OH excluding ortho intramolecular Hbond substituents is 1. The van der Waals surface area contributed by atoms with Gasteiger partial charge >= 0.3 is 0 Å². The molecule has 5 aromatic rings. The van der Waals surface area contributed by atoms with Crippen LogP contribution in [0.25, 0.3) is 22.4 Å². The van der Waals surface area contributed by atoms with E-state index in [0.29, 0.717) is 45.1 Å². The van der Waals surface area contributed by atoms with E-state index in [0.717, 1.165) is 13.0 Å². The molecule has 0 fully saturated rings. The number of pyridine rings is 1. The lowest BCUT2D eigenvalue weighted by Crippen LogP contribution is -2.25. The molecule has 0 saturated heterocycles. The first-order valence-corrected chi connectivity index (χ1v) is 13.5. The maximum absolute atomic E-state index is 13.1. The van der Waals surface area contributed by atoms with E-state index in [2.05, 4.69) is 26.7 Å². The molecule has 42 heavy (non-hydrogen) atoms. The molecule has 2 heterocycles. The van der Waals surface area contributed by atoms with E-state index in [9.17, 15) is 20.0 Å². The minimum absolute atomic E-state index is 0.0144. The van der Waals surface area contributed by atoms with Crippen molar-refractivity contribution in [1.82, 2.24) is 19.9 Å². The minimum Gasteiger partial charge on any atom is -0.507 e. The predicted octanol–water partition coefficient (Wildman–Crippen LogP) is 5.92. The molecule has 3 N–H and O–H groups in total. The summed E-state index contributed by atoms with van der Waals surface area (Å²) in [6.45, 7) is 1.20. The molecule has 3 aromatic carbocycles. The summed E-state index contributed by atoms with van der Waals surface area (Å²) in [6, 6.07) is 23.6. The average molecular weight is 577 g/mol. The van der Waals surface area contributed by atoms with Crippen molar-refractivity contribution < 1.29 is 14.7 Å². The van der Waals surface area contributed by atoms with Gasteiger partial charge in [0.25, 0.3) is 11.8 Å². The van der Waals surface area contributed by atoms with E-state index in [-0.39, 0.29) is 23.0 Å². The Bertz CT molecular complexity index is 1780. The molecule has 2 amide bonds. The number of carbonyl (C=O) groups excluding carboxylic acids is 2. The van der Waals surface area contributed by atoms with Gasteiger partial charge in [-0.15, -0.1) is 0 Å². The van der Waals surface area contributed by atoms with Gasteiger partial charge in [0.1, 0.15) is 17.4 Å². The summed E-state index contributed by atoms with van der Waals surface area (Å²) < 4.78 is 1.94. The van der Waals surface area contributed by atoms with Gasteiger partial charge in [0.15, 0.2) is 5.82 Å². The van der Waals surface area contributed by atoms with Crippen molar-refractivity contribution >= 4 is 29.2 Å². The molecule has 0 radical (unpaired) electrons. The van der Waals surface area contributed by atoms with Gasteiger partial charge in [-0.2, -0.15) is 5.26 Å². The second-order valence-electron chi connectivity index (χ2n) is 9.36. The fourth-order valence-electron chi connectivity index (χ4n) is 4.40. The van der Waals surface area contributed by atoms with Gasteiger partial charge in [0.05, 0.1) is 12.0 Å². The maximum atomic E-state index is 13.1. The molecule has 0 aliphatic heterocycles. The van der Waals surface area contributed by atoms with Crippen LogP contribution in [0.15, 0.2) is 97.6 Å². The van der Waals surface area contributed by atoms with Crippen molar-refractivity contribution in [3.05, 3.63) is 119 Å². The number of aromatic hydroxyl groups is 1. The fourth-order valence-corrected chi connectivity index (χ4v) is 4.52. The molecule has 0 atom stereocenters. The number of amides is 2. The third-order valence-electron chi connectivity index (χ3n) is 6.52. The van der Waals surface area contributed by atoms with E-state index in [1.165, 1.54) is 6.07 Å². The van der Waals surface area contributed by atoms with Crippen LogP contribution in [0.1, 0.15) is 32.7 Å². The molecule has 10 heteroatoms. The number of benzene rings is 3. The summed E-state index contributed by atoms with van der Waals surface area (Å²) in [5.74, 6) is -0.742. The van der Waals surface area contributed by atoms with Crippen LogP contribution in [0.2, 0.25) is 5.02 Å². The first-order chi connectivity index (χ1) is 20.4. The Kier molecular flexibility index (Phi) is 8.56. The number of para-hydroxylation sites is 1. The summed E-state index contributed by atoms with van der Waals surface area (Å²) in [6.07, 6.45) is 6.02. The number of anilines is 1. The normalized spacial score (nSPS) is 10.6. The fraction of sp³-hybridized carbons (Fsp3) is 0.0938. The summed E-state index contributed by atoms with van der Waals surface area (Å²) in [5.41, 5.74) is 2.60. The Morgan fingerprint density at radius 3 is 2.50 bits per heavy atom. The van der Waals surface area contributed by atoms with Crippen LogP contribution in [0, 0.1) is 11.3 Å². The lowest BCUT2D eigenvalue weighted by atomic mass is 9.96. The van der Waals surface area contributed by atoms with Crippen LogP contribution in [0.4, 0.5) is 5.82 Å². The Labute approximate surface area is 247 Å². The summed E-state index contributed by atoms with van der Waals surface area (Å²) in [4.78, 5) is 34.6. The van der Waals surface area contributed by atoms with Crippen molar-refractivity contribution in [2.45, 2.75) is 13.0 Å². The Hall–Kier alpha value is -5.46. The van der Waals surface area contributed by atoms with E-state index >= 15 is 0 Å². The Morgan fingerprint density at radius 1 is 0.952 bits per heavy atom. The number of hydrogen-bond acceptors (Lipinski definition) is 6. The third kappa shape index (κ3) is 6.46. The number of phenols is 1. The van der Waals surface area contributed by atoms with Crippen molar-refractivity contribution in [3.8, 4) is 34.2 Å². The van der Waals surface area contributed by atoms with Gasteiger partial charge in [-0.05, 0) is 66.6 Å². The molecule has 0 bridgehead atoms. The highest BCUT2D eigenvalue weighted by molar-refractivity contribution is 6.30. The first-order valence-electron chi connectivity index (χ1n) is 13.1. The molecule has 0 aliphatic rings. The van der Waals surface area contributed by atoms with E-state index < -0.39 is 5.91 Å². The zero-order valence-electron chi connectivity index (χ0n) is 22.3. The SMILES string of the molecule is N#Cc1c(-c2cccc(C(=O)NCCCn3ccnc3)c2)cc(-c2ccccc2O)nc1NC(=O)c1ccc(Cl)cc1. The molecular formula is C32H25ClN6O3. The van der Waals surface area contributed by atoms with Crippen LogP contribution >= 0.6 is 11.6 Å². The average Bonchev–Trinajstić information content (AvgIpc) is 3.53. The largest absolute Gasteiger partial charge is 0.507 e. The van der Waals surface area contributed by atoms with Crippen molar-refractivity contribution in [2.24, 2.45) is 0 Å². The highest BCUT2D eigenvalue weighted by atomic mass is 35.5. The van der Waals surface area contributed by atoms with Gasteiger partial charge in [-0.25, -0.2) is 9.97 Å². The monoisotopic (exact) mass is 576 g/mol. The molecule has 9 nitrogen and oxygen atoms in total. The summed E-state index contributed by atoms with van der Waals surface area (Å²) in [7, 11) is 0. The summed E-state index contributed by atoms with van der Waals surface area (Å²) in [5, 5.41) is 26.9. The molecule has 0 unspecified atom stereocenters. The summed E-state index contributed by atoms with van der Waals surface area (Å²) >= 11 is 5.97. The topological polar surface area (TPSA) is 133 Å². The number of aryl methyl sites for hydroxylation is 1. The van der Waals surface area contributed by atoms with Crippen molar-refractivity contribution in [1.29, 1.82) is 5.26 Å². The standard InChI is InChI=1S/C32H25ClN6O3/c33-24-11-9-21(10-12-24)32(42)38-30-27(19-34)26(18-28(37-30)25-7-1-2-8-29(25)40)22-5-3-6-23(17-22)31(41)36-13-4-15-39-16-14-35-20-39/h1-3,5-12,14,16-18,20,40H,4,13,15H2,(H,36,41)(H,37,38,42). The minimum atomic E-state index is -0.486. The number of rotatable bonds is 9. The third-order valence-corrected chi connectivity index (χ3v) is 6.78. The number of imidazole rings is 1. The van der Waals surface area contributed by atoms with Crippen LogP contribution in [0.5, 0.6) is 5.75 Å². The van der Waals surface area contributed by atoms with Crippen LogP contribution in [-0.2, 0) is 6.54 Å². The lowest BCUT2D eigenvalue weighted by Gasteiger charge is -2.15. The molecule has 0 saturated carbocycles. The number of carbonyl (C=O) groups is 2. The highest BCUT2D eigenvalue weighted by Gasteiger charge is 2.20. The van der Waals surface area contributed by atoms with Crippen molar-refractivity contribution in [2.75, 3.05) is 11.9 Å². The number of hydrogen-bond donors (Lipinski definition) is 3. The Morgan fingerprint density at radius 2 is 1.76 bits per heavy atom. The van der Waals surface area contributed by atoms with Gasteiger partial charge in [-0.3, -0.25) is 9.59 Å². The first kappa shape index (κ1) is 28.1. The number of nitrogens with one attached hydrogen (secondary N) is 2. The van der Waals surface area contributed by atoms with Crippen molar-refractivity contribution in [3.63, 3.8) is 0 Å². The van der Waals surface area contributed by atoms with E-state index in [1.807, 2.05) is 10.8 Å². The van der Waals surface area contributed by atoms with Crippen LogP contribution in [0.3, 0.4) is 0 Å². The molecule has 2 aromatic heterocycles. The zero-order valence-corrected chi connectivity index (χ0v) is 23.0. The number of aromatic nitrogens is 3. The van der Waals surface area contributed by atoms with Gasteiger partial charge in [-0.1, -0.05) is 35.9 Å². The molecular weight excluding hydrogens is 552 g/mol. The second-order valence-corrected chi connectivity index (χ2v) is 9.80. The van der Waals surface area contributed by atoms with Crippen LogP contribution < -0.4 is 10.6 Å². The van der Waals surface area contributed by atoms with Gasteiger partial charge < -0.3 is 20.3 Å². The molecule has 208 valence electrons. The smallest absolute Gasteiger partial charge is 0.256 e. The number of halogens is 1. The quantitative estimate of drug-likeness (QED) is 0.187. The maximum Gasteiger partial charge on any atom is 0.256 e. The molecule has 0 spiro atoms. The lowest BCUT2D eigenvalue weighted by molar-refractivity contribution is 0.0952.